The molecule has 0 fully saturated rings. The second kappa shape index (κ2) is 3.55. The standard InChI is InChI=1S/C10H12N4O2/c1-10(2,3)9-11-8(16-14-9)6-4-5-7(15)13-12-6/h4-5H,1-3H3,(H,13,15). The molecule has 2 aromatic heterocycles. The van der Waals surface area contributed by atoms with Crippen LogP contribution in [0.15, 0.2) is 21.5 Å². The molecule has 0 unspecified atom stereocenters. The number of nitrogens with one attached hydrogen (secondary N) is 1. The summed E-state index contributed by atoms with van der Waals surface area (Å²) in [5.74, 6) is 0.914. The normalized spacial score (nSPS) is 11.7. The minimum atomic E-state index is -0.265. The van der Waals surface area contributed by atoms with Gasteiger partial charge in [-0.2, -0.15) is 10.1 Å². The van der Waals surface area contributed by atoms with Crippen LogP contribution in [0.25, 0.3) is 11.6 Å². The molecule has 0 bridgehead atoms. The molecule has 2 aromatic rings. The Hall–Kier alpha value is -1.98. The number of aromatic amines is 1. The number of aromatic nitrogens is 4. The van der Waals surface area contributed by atoms with E-state index in [1.165, 1.54) is 6.07 Å². The van der Waals surface area contributed by atoms with Crippen LogP contribution in [-0.4, -0.2) is 20.3 Å². The Bertz CT molecular complexity index is 530. The highest BCUT2D eigenvalue weighted by Gasteiger charge is 2.21. The zero-order chi connectivity index (χ0) is 11.8. The van der Waals surface area contributed by atoms with Crippen molar-refractivity contribution in [2.75, 3.05) is 0 Å². The number of hydrogen-bond acceptors (Lipinski definition) is 5. The van der Waals surface area contributed by atoms with Gasteiger partial charge in [-0.3, -0.25) is 4.79 Å². The van der Waals surface area contributed by atoms with Crippen LogP contribution in [0.3, 0.4) is 0 Å². The second-order valence-electron chi connectivity index (χ2n) is 4.48. The molecule has 2 rings (SSSR count). The first kappa shape index (κ1) is 10.5. The summed E-state index contributed by atoms with van der Waals surface area (Å²) in [7, 11) is 0. The van der Waals surface area contributed by atoms with Gasteiger partial charge in [0, 0.05) is 11.5 Å². The second-order valence-corrected chi connectivity index (χ2v) is 4.48. The van der Waals surface area contributed by atoms with Crippen LogP contribution in [-0.2, 0) is 5.41 Å². The summed E-state index contributed by atoms with van der Waals surface area (Å²) >= 11 is 0. The lowest BCUT2D eigenvalue weighted by atomic mass is 9.96. The Morgan fingerprint density at radius 2 is 2.06 bits per heavy atom. The van der Waals surface area contributed by atoms with Gasteiger partial charge in [-0.15, -0.1) is 0 Å². The highest BCUT2D eigenvalue weighted by molar-refractivity contribution is 5.44. The summed E-state index contributed by atoms with van der Waals surface area (Å²) < 4.78 is 5.07. The number of rotatable bonds is 1. The minimum absolute atomic E-state index is 0.177. The van der Waals surface area contributed by atoms with Crippen LogP contribution < -0.4 is 5.56 Å². The fraction of sp³-hybridized carbons (Fsp3) is 0.400. The third-order valence-corrected chi connectivity index (χ3v) is 2.00. The average Bonchev–Trinajstić information content (AvgIpc) is 2.67. The fourth-order valence-corrected chi connectivity index (χ4v) is 1.10. The molecule has 6 heteroatoms. The molecule has 0 saturated carbocycles. The van der Waals surface area contributed by atoms with E-state index in [2.05, 4.69) is 20.3 Å². The Morgan fingerprint density at radius 1 is 1.31 bits per heavy atom. The lowest BCUT2D eigenvalue weighted by Crippen LogP contribution is -2.13. The van der Waals surface area contributed by atoms with E-state index in [0.29, 0.717) is 17.4 Å². The van der Waals surface area contributed by atoms with Crippen LogP contribution in [0.1, 0.15) is 26.6 Å². The zero-order valence-corrected chi connectivity index (χ0v) is 9.31. The van der Waals surface area contributed by atoms with Crippen LogP contribution >= 0.6 is 0 Å². The quantitative estimate of drug-likeness (QED) is 0.778. The van der Waals surface area contributed by atoms with E-state index in [1.807, 2.05) is 20.8 Å². The molecule has 6 nitrogen and oxygen atoms in total. The topological polar surface area (TPSA) is 84.7 Å². The number of nitrogens with zero attached hydrogens (tertiary/aromatic N) is 3. The van der Waals surface area contributed by atoms with E-state index < -0.39 is 0 Å². The molecule has 0 aliphatic heterocycles. The highest BCUT2D eigenvalue weighted by atomic mass is 16.5. The molecular weight excluding hydrogens is 208 g/mol. The van der Waals surface area contributed by atoms with E-state index in [0.717, 1.165) is 0 Å². The van der Waals surface area contributed by atoms with Gasteiger partial charge >= 0.3 is 0 Å². The van der Waals surface area contributed by atoms with E-state index in [-0.39, 0.29) is 11.0 Å². The summed E-state index contributed by atoms with van der Waals surface area (Å²) in [4.78, 5) is 15.1. The lowest BCUT2D eigenvalue weighted by molar-refractivity contribution is 0.401. The minimum Gasteiger partial charge on any atom is -0.332 e. The third-order valence-electron chi connectivity index (χ3n) is 2.00. The average molecular weight is 220 g/mol. The first-order chi connectivity index (χ1) is 7.47. The van der Waals surface area contributed by atoms with Gasteiger partial charge in [-0.05, 0) is 6.07 Å². The summed E-state index contributed by atoms with van der Waals surface area (Å²) in [5.41, 5.74) is 0.0196. The number of H-pyrrole nitrogens is 1. The fourth-order valence-electron chi connectivity index (χ4n) is 1.10. The highest BCUT2D eigenvalue weighted by Crippen LogP contribution is 2.21. The Kier molecular flexibility index (Phi) is 2.34. The van der Waals surface area contributed by atoms with Gasteiger partial charge in [0.25, 0.3) is 11.4 Å². The van der Waals surface area contributed by atoms with Crippen molar-refractivity contribution in [1.82, 2.24) is 20.3 Å². The van der Waals surface area contributed by atoms with Crippen LogP contribution in [0.4, 0.5) is 0 Å². The largest absolute Gasteiger partial charge is 0.332 e. The summed E-state index contributed by atoms with van der Waals surface area (Å²) in [6.07, 6.45) is 0. The smallest absolute Gasteiger partial charge is 0.278 e. The molecule has 2 heterocycles. The molecule has 0 atom stereocenters. The van der Waals surface area contributed by atoms with Crippen LogP contribution in [0.2, 0.25) is 0 Å². The summed E-state index contributed by atoms with van der Waals surface area (Å²) in [5, 5.41) is 9.99. The van der Waals surface area contributed by atoms with Gasteiger partial charge in [0.15, 0.2) is 5.82 Å². The maximum absolute atomic E-state index is 10.8. The first-order valence-corrected chi connectivity index (χ1v) is 4.87. The van der Waals surface area contributed by atoms with E-state index in [9.17, 15) is 4.79 Å². The van der Waals surface area contributed by atoms with E-state index in [1.54, 1.807) is 6.07 Å². The molecule has 0 aliphatic rings. The van der Waals surface area contributed by atoms with Gasteiger partial charge in [-0.1, -0.05) is 25.9 Å². The van der Waals surface area contributed by atoms with Crippen molar-refractivity contribution >= 4 is 0 Å². The van der Waals surface area contributed by atoms with Crippen molar-refractivity contribution in [2.24, 2.45) is 0 Å². The molecular formula is C10H12N4O2. The Labute approximate surface area is 91.7 Å². The van der Waals surface area contributed by atoms with Crippen molar-refractivity contribution in [1.29, 1.82) is 0 Å². The predicted octanol–water partition coefficient (Wildman–Crippen LogP) is 1.12. The van der Waals surface area contributed by atoms with Crippen molar-refractivity contribution in [3.63, 3.8) is 0 Å². The first-order valence-electron chi connectivity index (χ1n) is 4.87. The number of hydrogen-bond donors (Lipinski definition) is 1. The van der Waals surface area contributed by atoms with E-state index in [4.69, 9.17) is 4.52 Å². The predicted molar refractivity (Wildman–Crippen MR) is 56.8 cm³/mol. The molecule has 0 aromatic carbocycles. The van der Waals surface area contributed by atoms with Crippen molar-refractivity contribution in [3.8, 4) is 11.6 Å². The lowest BCUT2D eigenvalue weighted by Gasteiger charge is -2.10. The Balaban J connectivity index is 2.39. The maximum atomic E-state index is 10.8. The molecule has 0 aliphatic carbocycles. The van der Waals surface area contributed by atoms with Crippen molar-refractivity contribution < 1.29 is 4.52 Å². The van der Waals surface area contributed by atoms with Gasteiger partial charge < -0.3 is 4.52 Å². The molecule has 0 saturated heterocycles. The molecule has 16 heavy (non-hydrogen) atoms. The van der Waals surface area contributed by atoms with Crippen molar-refractivity contribution in [2.45, 2.75) is 26.2 Å². The molecule has 0 spiro atoms. The summed E-state index contributed by atoms with van der Waals surface area (Å²) in [6, 6.07) is 2.90. The SMILES string of the molecule is CC(C)(C)c1noc(-c2ccc(=O)[nH]n2)n1. The molecule has 84 valence electrons. The van der Waals surface area contributed by atoms with Crippen LogP contribution in [0, 0.1) is 0 Å². The van der Waals surface area contributed by atoms with Crippen molar-refractivity contribution in [3.05, 3.63) is 28.3 Å². The monoisotopic (exact) mass is 220 g/mol. The molecule has 0 amide bonds. The van der Waals surface area contributed by atoms with Gasteiger partial charge in [0.1, 0.15) is 5.69 Å². The molecule has 1 N–H and O–H groups in total. The summed E-state index contributed by atoms with van der Waals surface area (Å²) in [6.45, 7) is 5.96. The Morgan fingerprint density at radius 3 is 2.56 bits per heavy atom. The molecule has 0 radical (unpaired) electrons. The van der Waals surface area contributed by atoms with Gasteiger partial charge in [0.05, 0.1) is 0 Å². The van der Waals surface area contributed by atoms with E-state index >= 15 is 0 Å². The zero-order valence-electron chi connectivity index (χ0n) is 9.31. The van der Waals surface area contributed by atoms with Gasteiger partial charge in [0.2, 0.25) is 0 Å². The van der Waals surface area contributed by atoms with Gasteiger partial charge in [-0.25, -0.2) is 5.10 Å². The third kappa shape index (κ3) is 2.00. The van der Waals surface area contributed by atoms with Crippen LogP contribution in [0.5, 0.6) is 0 Å². The maximum Gasteiger partial charge on any atom is 0.278 e.